The maximum atomic E-state index is 13.6. The van der Waals surface area contributed by atoms with Gasteiger partial charge in [0.05, 0.1) is 7.11 Å². The molecule has 0 fully saturated rings. The van der Waals surface area contributed by atoms with Gasteiger partial charge in [0.2, 0.25) is 0 Å². The second-order valence-corrected chi connectivity index (χ2v) is 8.73. The molecule has 35 heavy (non-hydrogen) atoms. The first-order valence-electron chi connectivity index (χ1n) is 11.8. The Morgan fingerprint density at radius 2 is 1.86 bits per heavy atom. The van der Waals surface area contributed by atoms with Crippen LogP contribution in [0.25, 0.3) is 10.8 Å². The first-order chi connectivity index (χ1) is 17.1. The number of carbonyl (C=O) groups excluding carboxylic acids is 2. The molecule has 5 rings (SSSR count). The highest BCUT2D eigenvalue weighted by molar-refractivity contribution is 6.15. The molecule has 0 aliphatic carbocycles. The van der Waals surface area contributed by atoms with Crippen molar-refractivity contribution < 1.29 is 14.3 Å². The molecule has 0 bridgehead atoms. The number of benzene rings is 3. The fourth-order valence-corrected chi connectivity index (χ4v) is 4.67. The number of methoxy groups -OCH3 is 1. The van der Waals surface area contributed by atoms with Gasteiger partial charge in [-0.1, -0.05) is 48.5 Å². The monoisotopic (exact) mass is 468 g/mol. The van der Waals surface area contributed by atoms with Crippen LogP contribution in [0, 0.1) is 0 Å². The zero-order valence-corrected chi connectivity index (χ0v) is 20.0. The van der Waals surface area contributed by atoms with E-state index in [0.717, 1.165) is 47.2 Å². The standard InChI is InChI=1S/C28H28N4O3/c1-31(28(34)23-14-8-11-20-10-3-4-13-22(20)23)26-25(32-16-6-5-15-24(32)30-26)27(33)29-18-19-9-7-12-21(17-19)35-2/h3-4,7-14,17H,5-6,15-16,18H2,1-2H3,(H,29,33). The van der Waals surface area contributed by atoms with Crippen LogP contribution in [-0.2, 0) is 19.5 Å². The van der Waals surface area contributed by atoms with Crippen LogP contribution in [0.4, 0.5) is 5.82 Å². The van der Waals surface area contributed by atoms with Crippen molar-refractivity contribution in [3.05, 3.63) is 89.4 Å². The maximum Gasteiger partial charge on any atom is 0.272 e. The van der Waals surface area contributed by atoms with Crippen molar-refractivity contribution in [3.63, 3.8) is 0 Å². The van der Waals surface area contributed by atoms with Crippen molar-refractivity contribution in [1.29, 1.82) is 0 Å². The zero-order chi connectivity index (χ0) is 24.4. The van der Waals surface area contributed by atoms with Crippen molar-refractivity contribution in [2.24, 2.45) is 0 Å². The molecule has 178 valence electrons. The highest BCUT2D eigenvalue weighted by atomic mass is 16.5. The van der Waals surface area contributed by atoms with E-state index in [-0.39, 0.29) is 11.8 Å². The van der Waals surface area contributed by atoms with Crippen molar-refractivity contribution >= 4 is 28.4 Å². The number of amides is 2. The Hall–Kier alpha value is -4.13. The Labute approximate surface area is 204 Å². The van der Waals surface area contributed by atoms with E-state index in [0.29, 0.717) is 30.2 Å². The summed E-state index contributed by atoms with van der Waals surface area (Å²) in [4.78, 5) is 33.4. The van der Waals surface area contributed by atoms with Crippen LogP contribution in [-0.4, -0.2) is 35.5 Å². The molecule has 0 saturated carbocycles. The average Bonchev–Trinajstić information content (AvgIpc) is 3.30. The molecule has 1 N–H and O–H groups in total. The Morgan fingerprint density at radius 3 is 2.71 bits per heavy atom. The van der Waals surface area contributed by atoms with Gasteiger partial charge in [0, 0.05) is 32.1 Å². The summed E-state index contributed by atoms with van der Waals surface area (Å²) in [6.45, 7) is 1.05. The van der Waals surface area contributed by atoms with Crippen LogP contribution in [0.15, 0.2) is 66.7 Å². The molecule has 0 atom stereocenters. The number of ether oxygens (including phenoxy) is 1. The maximum absolute atomic E-state index is 13.6. The Bertz CT molecular complexity index is 1400. The minimum absolute atomic E-state index is 0.195. The second kappa shape index (κ2) is 9.62. The van der Waals surface area contributed by atoms with E-state index >= 15 is 0 Å². The Morgan fingerprint density at radius 1 is 1.06 bits per heavy atom. The number of nitrogens with zero attached hydrogens (tertiary/aromatic N) is 3. The number of hydrogen-bond donors (Lipinski definition) is 1. The fourth-order valence-electron chi connectivity index (χ4n) is 4.67. The minimum atomic E-state index is -0.249. The van der Waals surface area contributed by atoms with Crippen LogP contribution >= 0.6 is 0 Å². The lowest BCUT2D eigenvalue weighted by molar-refractivity contribution is 0.0941. The third-order valence-electron chi connectivity index (χ3n) is 6.51. The van der Waals surface area contributed by atoms with Crippen LogP contribution < -0.4 is 15.0 Å². The SMILES string of the molecule is COc1cccc(CNC(=O)c2c(N(C)C(=O)c3cccc4ccccc34)nc3n2CCCC3)c1. The molecule has 1 aliphatic heterocycles. The van der Waals surface area contributed by atoms with E-state index in [1.54, 1.807) is 14.2 Å². The van der Waals surface area contributed by atoms with E-state index in [1.807, 2.05) is 71.3 Å². The Balaban J connectivity index is 1.47. The molecular formula is C28H28N4O3. The van der Waals surface area contributed by atoms with Crippen molar-refractivity contribution in [2.45, 2.75) is 32.4 Å². The van der Waals surface area contributed by atoms with E-state index in [9.17, 15) is 9.59 Å². The molecule has 2 heterocycles. The molecule has 1 aliphatic rings. The number of carbonyl (C=O) groups is 2. The first-order valence-corrected chi connectivity index (χ1v) is 11.8. The van der Waals surface area contributed by atoms with Gasteiger partial charge in [0.15, 0.2) is 11.5 Å². The molecule has 2 amide bonds. The second-order valence-electron chi connectivity index (χ2n) is 8.73. The quantitative estimate of drug-likeness (QED) is 0.449. The lowest BCUT2D eigenvalue weighted by Crippen LogP contribution is -2.32. The summed E-state index contributed by atoms with van der Waals surface area (Å²) in [5.41, 5.74) is 1.94. The predicted molar refractivity (Wildman–Crippen MR) is 136 cm³/mol. The van der Waals surface area contributed by atoms with Gasteiger partial charge in [-0.15, -0.1) is 0 Å². The van der Waals surface area contributed by atoms with Gasteiger partial charge in [0.1, 0.15) is 11.6 Å². The molecule has 7 nitrogen and oxygen atoms in total. The number of imidazole rings is 1. The predicted octanol–water partition coefficient (Wildman–Crippen LogP) is 4.59. The molecule has 0 saturated heterocycles. The summed E-state index contributed by atoms with van der Waals surface area (Å²) in [5, 5.41) is 4.88. The number of anilines is 1. The lowest BCUT2D eigenvalue weighted by Gasteiger charge is -2.19. The summed E-state index contributed by atoms with van der Waals surface area (Å²) < 4.78 is 7.25. The largest absolute Gasteiger partial charge is 0.497 e. The number of aryl methyl sites for hydroxylation is 1. The first kappa shape index (κ1) is 22.7. The summed E-state index contributed by atoms with van der Waals surface area (Å²) >= 11 is 0. The molecule has 0 unspecified atom stereocenters. The summed E-state index contributed by atoms with van der Waals surface area (Å²) in [6, 6.07) is 21.1. The van der Waals surface area contributed by atoms with Gasteiger partial charge >= 0.3 is 0 Å². The van der Waals surface area contributed by atoms with Crippen LogP contribution in [0.5, 0.6) is 5.75 Å². The fraction of sp³-hybridized carbons (Fsp3) is 0.250. The topological polar surface area (TPSA) is 76.5 Å². The molecular weight excluding hydrogens is 440 g/mol. The number of nitrogens with one attached hydrogen (secondary N) is 1. The van der Waals surface area contributed by atoms with E-state index < -0.39 is 0 Å². The minimum Gasteiger partial charge on any atom is -0.497 e. The van der Waals surface area contributed by atoms with Gasteiger partial charge in [-0.25, -0.2) is 4.98 Å². The smallest absolute Gasteiger partial charge is 0.272 e. The zero-order valence-electron chi connectivity index (χ0n) is 20.0. The van der Waals surface area contributed by atoms with Gasteiger partial charge < -0.3 is 14.6 Å². The van der Waals surface area contributed by atoms with Crippen LogP contribution in [0.2, 0.25) is 0 Å². The van der Waals surface area contributed by atoms with Crippen molar-refractivity contribution in [1.82, 2.24) is 14.9 Å². The molecule has 4 aromatic rings. The molecule has 0 spiro atoms. The van der Waals surface area contributed by atoms with Crippen LogP contribution in [0.3, 0.4) is 0 Å². The van der Waals surface area contributed by atoms with Crippen molar-refractivity contribution in [2.75, 3.05) is 19.1 Å². The van der Waals surface area contributed by atoms with Gasteiger partial charge in [-0.3, -0.25) is 14.5 Å². The number of rotatable bonds is 6. The third-order valence-corrected chi connectivity index (χ3v) is 6.51. The van der Waals surface area contributed by atoms with Crippen LogP contribution in [0.1, 0.15) is 45.1 Å². The summed E-state index contributed by atoms with van der Waals surface area (Å²) in [5.74, 6) is 1.53. The molecule has 7 heteroatoms. The third kappa shape index (κ3) is 4.37. The molecule has 1 aromatic heterocycles. The van der Waals surface area contributed by atoms with Crippen molar-refractivity contribution in [3.8, 4) is 5.75 Å². The molecule has 0 radical (unpaired) electrons. The Kier molecular flexibility index (Phi) is 6.23. The number of aromatic nitrogens is 2. The molecule has 3 aromatic carbocycles. The average molecular weight is 469 g/mol. The van der Waals surface area contributed by atoms with E-state index in [1.165, 1.54) is 4.90 Å². The highest BCUT2D eigenvalue weighted by Gasteiger charge is 2.29. The number of hydrogen-bond acceptors (Lipinski definition) is 4. The number of fused-ring (bicyclic) bond motifs is 2. The van der Waals surface area contributed by atoms with Gasteiger partial charge in [-0.2, -0.15) is 0 Å². The van der Waals surface area contributed by atoms with Gasteiger partial charge in [0.25, 0.3) is 11.8 Å². The summed E-state index contributed by atoms with van der Waals surface area (Å²) in [6.07, 6.45) is 2.77. The lowest BCUT2D eigenvalue weighted by atomic mass is 10.0. The van der Waals surface area contributed by atoms with E-state index in [4.69, 9.17) is 9.72 Å². The summed E-state index contributed by atoms with van der Waals surface area (Å²) in [7, 11) is 3.31. The highest BCUT2D eigenvalue weighted by Crippen LogP contribution is 2.28. The van der Waals surface area contributed by atoms with E-state index in [2.05, 4.69) is 5.32 Å². The normalized spacial score (nSPS) is 12.7. The van der Waals surface area contributed by atoms with Gasteiger partial charge in [-0.05, 0) is 47.4 Å².